The van der Waals surface area contributed by atoms with E-state index in [0.29, 0.717) is 13.1 Å². The summed E-state index contributed by atoms with van der Waals surface area (Å²) in [7, 11) is 0. The Hall–Kier alpha value is -2.04. The fraction of sp³-hybridized carbons (Fsp3) is 0.556. The van der Waals surface area contributed by atoms with E-state index >= 15 is 0 Å². The summed E-state index contributed by atoms with van der Waals surface area (Å²) in [6.07, 6.45) is 0.856. The molecule has 23 heavy (non-hydrogen) atoms. The Balaban J connectivity index is 1.89. The Labute approximate surface area is 138 Å². The maximum absolute atomic E-state index is 12.5. The average molecular weight is 317 g/mol. The van der Waals surface area contributed by atoms with Gasteiger partial charge in [0.2, 0.25) is 11.8 Å². The van der Waals surface area contributed by atoms with E-state index in [1.807, 2.05) is 36.9 Å². The molecule has 1 aliphatic heterocycles. The van der Waals surface area contributed by atoms with E-state index in [9.17, 15) is 9.59 Å². The summed E-state index contributed by atoms with van der Waals surface area (Å²) in [4.78, 5) is 30.1. The van der Waals surface area contributed by atoms with E-state index in [1.165, 1.54) is 12.6 Å². The number of piperazine rings is 1. The van der Waals surface area contributed by atoms with Crippen LogP contribution >= 0.6 is 0 Å². The first-order valence-corrected chi connectivity index (χ1v) is 8.38. The van der Waals surface area contributed by atoms with Gasteiger partial charge in [0, 0.05) is 44.8 Å². The molecule has 0 spiro atoms. The van der Waals surface area contributed by atoms with Crippen LogP contribution in [-0.4, -0.2) is 60.4 Å². The Morgan fingerprint density at radius 1 is 1.13 bits per heavy atom. The summed E-state index contributed by atoms with van der Waals surface area (Å²) in [5, 5.41) is 0. The molecular formula is C18H27N3O2. The molecule has 1 aromatic carbocycles. The molecule has 1 fully saturated rings. The van der Waals surface area contributed by atoms with E-state index in [2.05, 4.69) is 17.0 Å². The van der Waals surface area contributed by atoms with Crippen LogP contribution in [0.25, 0.3) is 0 Å². The largest absolute Gasteiger partial charge is 0.368 e. The van der Waals surface area contributed by atoms with Crippen molar-refractivity contribution < 1.29 is 9.59 Å². The van der Waals surface area contributed by atoms with Gasteiger partial charge in [-0.25, -0.2) is 0 Å². The second-order valence-corrected chi connectivity index (χ2v) is 6.11. The molecule has 0 aromatic heterocycles. The van der Waals surface area contributed by atoms with Crippen LogP contribution in [0, 0.1) is 0 Å². The van der Waals surface area contributed by atoms with Gasteiger partial charge in [0.05, 0.1) is 6.54 Å². The molecule has 5 nitrogen and oxygen atoms in total. The summed E-state index contributed by atoms with van der Waals surface area (Å²) in [5.41, 5.74) is 1.20. The summed E-state index contributed by atoms with van der Waals surface area (Å²) >= 11 is 0. The SMILES string of the molecule is CCC(C)N(CC(=O)N1CCN(c2ccccc2)CC1)C(C)=O. The number of carbonyl (C=O) groups is 2. The van der Waals surface area contributed by atoms with Crippen LogP contribution in [0.5, 0.6) is 0 Å². The van der Waals surface area contributed by atoms with Crippen LogP contribution in [0.1, 0.15) is 27.2 Å². The van der Waals surface area contributed by atoms with E-state index in [4.69, 9.17) is 0 Å². The molecule has 0 saturated carbocycles. The van der Waals surface area contributed by atoms with Crippen molar-refractivity contribution in [1.29, 1.82) is 0 Å². The smallest absolute Gasteiger partial charge is 0.242 e. The van der Waals surface area contributed by atoms with Gasteiger partial charge in [-0.2, -0.15) is 0 Å². The predicted octanol–water partition coefficient (Wildman–Crippen LogP) is 1.98. The summed E-state index contributed by atoms with van der Waals surface area (Å²) in [6.45, 7) is 8.83. The molecule has 2 amide bonds. The number of hydrogen-bond acceptors (Lipinski definition) is 3. The second-order valence-electron chi connectivity index (χ2n) is 6.11. The van der Waals surface area contributed by atoms with Gasteiger partial charge >= 0.3 is 0 Å². The third-order valence-corrected chi connectivity index (χ3v) is 4.59. The molecule has 0 bridgehead atoms. The Kier molecular flexibility index (Phi) is 6.02. The van der Waals surface area contributed by atoms with Crippen LogP contribution in [0.3, 0.4) is 0 Å². The lowest BCUT2D eigenvalue weighted by molar-refractivity contribution is -0.141. The number of nitrogens with zero attached hydrogens (tertiary/aromatic N) is 3. The molecule has 5 heteroatoms. The average Bonchev–Trinajstić information content (AvgIpc) is 2.59. The van der Waals surface area contributed by atoms with Crippen molar-refractivity contribution in [1.82, 2.24) is 9.80 Å². The van der Waals surface area contributed by atoms with E-state index in [-0.39, 0.29) is 24.4 Å². The maximum atomic E-state index is 12.5. The second kappa shape index (κ2) is 7.99. The molecule has 2 rings (SSSR count). The zero-order valence-corrected chi connectivity index (χ0v) is 14.4. The standard InChI is InChI=1S/C18H27N3O2/c1-4-15(2)21(16(3)22)14-18(23)20-12-10-19(11-13-20)17-8-6-5-7-9-17/h5-9,15H,4,10-14H2,1-3H3. The third kappa shape index (κ3) is 4.47. The number of para-hydroxylation sites is 1. The highest BCUT2D eigenvalue weighted by Crippen LogP contribution is 2.16. The third-order valence-electron chi connectivity index (χ3n) is 4.59. The fourth-order valence-electron chi connectivity index (χ4n) is 2.90. The molecular weight excluding hydrogens is 290 g/mol. The van der Waals surface area contributed by atoms with Gasteiger partial charge in [0.15, 0.2) is 0 Å². The van der Waals surface area contributed by atoms with Crippen molar-refractivity contribution in [2.75, 3.05) is 37.6 Å². The number of carbonyl (C=O) groups excluding carboxylic acids is 2. The number of benzene rings is 1. The maximum Gasteiger partial charge on any atom is 0.242 e. The van der Waals surface area contributed by atoms with Crippen LogP contribution in [0.2, 0.25) is 0 Å². The molecule has 0 N–H and O–H groups in total. The van der Waals surface area contributed by atoms with Crippen molar-refractivity contribution in [2.24, 2.45) is 0 Å². The molecule has 1 unspecified atom stereocenters. The van der Waals surface area contributed by atoms with Gasteiger partial charge in [-0.3, -0.25) is 9.59 Å². The molecule has 1 saturated heterocycles. The normalized spacial score (nSPS) is 16.1. The van der Waals surface area contributed by atoms with Gasteiger partial charge in [-0.05, 0) is 25.5 Å². The van der Waals surface area contributed by atoms with Gasteiger partial charge in [-0.1, -0.05) is 25.1 Å². The fourth-order valence-corrected chi connectivity index (χ4v) is 2.90. The minimum absolute atomic E-state index is 0.0318. The highest BCUT2D eigenvalue weighted by Gasteiger charge is 2.25. The monoisotopic (exact) mass is 317 g/mol. The zero-order valence-electron chi connectivity index (χ0n) is 14.4. The molecule has 0 aliphatic carbocycles. The lowest BCUT2D eigenvalue weighted by atomic mass is 10.2. The topological polar surface area (TPSA) is 43.9 Å². The number of rotatable bonds is 5. The van der Waals surface area contributed by atoms with Crippen molar-refractivity contribution in [3.05, 3.63) is 30.3 Å². The quantitative estimate of drug-likeness (QED) is 0.834. The minimum atomic E-state index is -0.0318. The van der Waals surface area contributed by atoms with E-state index in [0.717, 1.165) is 19.5 Å². The minimum Gasteiger partial charge on any atom is -0.368 e. The first-order chi connectivity index (χ1) is 11.0. The summed E-state index contributed by atoms with van der Waals surface area (Å²) in [5.74, 6) is 0.0174. The molecule has 1 heterocycles. The summed E-state index contributed by atoms with van der Waals surface area (Å²) < 4.78 is 0. The van der Waals surface area contributed by atoms with E-state index < -0.39 is 0 Å². The van der Waals surface area contributed by atoms with Crippen molar-refractivity contribution >= 4 is 17.5 Å². The molecule has 1 aliphatic rings. The molecule has 0 radical (unpaired) electrons. The molecule has 126 valence electrons. The van der Waals surface area contributed by atoms with E-state index in [1.54, 1.807) is 4.90 Å². The van der Waals surface area contributed by atoms with Crippen molar-refractivity contribution in [2.45, 2.75) is 33.2 Å². The first kappa shape index (κ1) is 17.3. The van der Waals surface area contributed by atoms with Crippen molar-refractivity contribution in [3.8, 4) is 0 Å². The van der Waals surface area contributed by atoms with Crippen LogP contribution in [0.15, 0.2) is 30.3 Å². The first-order valence-electron chi connectivity index (χ1n) is 8.38. The number of hydrogen-bond donors (Lipinski definition) is 0. The summed E-state index contributed by atoms with van der Waals surface area (Å²) in [6, 6.07) is 10.4. The highest BCUT2D eigenvalue weighted by atomic mass is 16.2. The molecule has 1 atom stereocenters. The van der Waals surface area contributed by atoms with Gasteiger partial charge in [0.1, 0.15) is 0 Å². The lowest BCUT2D eigenvalue weighted by Gasteiger charge is -2.37. The Bertz CT molecular complexity index is 524. The lowest BCUT2D eigenvalue weighted by Crippen LogP contribution is -2.52. The van der Waals surface area contributed by atoms with Gasteiger partial charge in [-0.15, -0.1) is 0 Å². The van der Waals surface area contributed by atoms with Crippen LogP contribution < -0.4 is 4.90 Å². The predicted molar refractivity (Wildman–Crippen MR) is 92.4 cm³/mol. The Morgan fingerprint density at radius 3 is 2.26 bits per heavy atom. The Morgan fingerprint density at radius 2 is 1.74 bits per heavy atom. The zero-order chi connectivity index (χ0) is 16.8. The van der Waals surface area contributed by atoms with Gasteiger partial charge in [0.25, 0.3) is 0 Å². The highest BCUT2D eigenvalue weighted by molar-refractivity contribution is 5.84. The number of anilines is 1. The van der Waals surface area contributed by atoms with Gasteiger partial charge < -0.3 is 14.7 Å². The number of amides is 2. The van der Waals surface area contributed by atoms with Crippen LogP contribution in [-0.2, 0) is 9.59 Å². The molecule has 1 aromatic rings. The van der Waals surface area contributed by atoms with Crippen molar-refractivity contribution in [3.63, 3.8) is 0 Å². The van der Waals surface area contributed by atoms with Crippen LogP contribution in [0.4, 0.5) is 5.69 Å².